The molecule has 0 radical (unpaired) electrons. The molecule has 106 valence electrons. The lowest BCUT2D eigenvalue weighted by Crippen LogP contribution is -2.18. The minimum absolute atomic E-state index is 0.215. The predicted molar refractivity (Wildman–Crippen MR) is 76.4 cm³/mol. The quantitative estimate of drug-likeness (QED) is 0.890. The van der Waals surface area contributed by atoms with E-state index in [9.17, 15) is 12.8 Å². The van der Waals surface area contributed by atoms with Gasteiger partial charge >= 0.3 is 0 Å². The predicted octanol–water partition coefficient (Wildman–Crippen LogP) is 2.35. The monoisotopic (exact) mass is 294 g/mol. The third-order valence-corrected chi connectivity index (χ3v) is 4.27. The summed E-state index contributed by atoms with van der Waals surface area (Å²) in [5.74, 6) is -0.268. The van der Waals surface area contributed by atoms with Crippen LogP contribution in [0.2, 0.25) is 0 Å². The Labute approximate surface area is 117 Å². The van der Waals surface area contributed by atoms with Gasteiger partial charge in [0.25, 0.3) is 0 Å². The Morgan fingerprint density at radius 2 is 1.60 bits per heavy atom. The first-order valence-electron chi connectivity index (χ1n) is 6.03. The fourth-order valence-corrected chi connectivity index (χ4v) is 2.41. The molecule has 0 saturated carbocycles. The maximum absolute atomic E-state index is 12.8. The van der Waals surface area contributed by atoms with Gasteiger partial charge in [-0.2, -0.15) is 0 Å². The summed E-state index contributed by atoms with van der Waals surface area (Å²) in [7, 11) is -2.04. The van der Waals surface area contributed by atoms with Gasteiger partial charge in [-0.15, -0.1) is 0 Å². The van der Waals surface area contributed by atoms with Gasteiger partial charge in [0, 0.05) is 12.2 Å². The van der Waals surface area contributed by atoms with Gasteiger partial charge in [-0.1, -0.05) is 12.1 Å². The van der Waals surface area contributed by atoms with Gasteiger partial charge in [0.1, 0.15) is 5.82 Å². The molecular weight excluding hydrogens is 279 g/mol. The molecule has 0 heterocycles. The molecule has 0 aromatic heterocycles. The van der Waals surface area contributed by atoms with E-state index in [1.165, 1.54) is 31.3 Å². The molecule has 2 N–H and O–H groups in total. The van der Waals surface area contributed by atoms with E-state index in [0.717, 1.165) is 11.3 Å². The number of rotatable bonds is 5. The Bertz CT molecular complexity index is 667. The molecule has 0 aliphatic heterocycles. The van der Waals surface area contributed by atoms with E-state index in [0.29, 0.717) is 6.54 Å². The van der Waals surface area contributed by atoms with Crippen LogP contribution < -0.4 is 10.0 Å². The van der Waals surface area contributed by atoms with Crippen molar-refractivity contribution in [1.29, 1.82) is 0 Å². The lowest BCUT2D eigenvalue weighted by Gasteiger charge is -2.08. The molecule has 0 aliphatic carbocycles. The average Bonchev–Trinajstić information content (AvgIpc) is 2.47. The Kier molecular flexibility index (Phi) is 4.36. The van der Waals surface area contributed by atoms with E-state index >= 15 is 0 Å². The number of hydrogen-bond acceptors (Lipinski definition) is 3. The van der Waals surface area contributed by atoms with Crippen LogP contribution in [0.5, 0.6) is 0 Å². The zero-order valence-electron chi connectivity index (χ0n) is 10.9. The van der Waals surface area contributed by atoms with Crippen LogP contribution in [-0.2, 0) is 16.6 Å². The van der Waals surface area contributed by atoms with Crippen LogP contribution in [0.3, 0.4) is 0 Å². The Morgan fingerprint density at radius 1 is 1.00 bits per heavy atom. The highest BCUT2D eigenvalue weighted by molar-refractivity contribution is 7.89. The maximum Gasteiger partial charge on any atom is 0.240 e. The summed E-state index contributed by atoms with van der Waals surface area (Å²) in [6, 6.07) is 12.6. The molecule has 0 amide bonds. The fourth-order valence-electron chi connectivity index (χ4n) is 1.68. The third-order valence-electron chi connectivity index (χ3n) is 2.84. The van der Waals surface area contributed by atoms with Gasteiger partial charge in [-0.3, -0.25) is 0 Å². The van der Waals surface area contributed by atoms with Crippen LogP contribution in [0.4, 0.5) is 10.1 Å². The molecule has 0 bridgehead atoms. The summed E-state index contributed by atoms with van der Waals surface area (Å²) in [6.07, 6.45) is 0. The van der Waals surface area contributed by atoms with Crippen molar-refractivity contribution >= 4 is 15.7 Å². The van der Waals surface area contributed by atoms with Gasteiger partial charge in [0.05, 0.1) is 4.90 Å². The first-order chi connectivity index (χ1) is 9.51. The summed E-state index contributed by atoms with van der Waals surface area (Å²) < 4.78 is 38.1. The van der Waals surface area contributed by atoms with E-state index in [-0.39, 0.29) is 10.7 Å². The summed E-state index contributed by atoms with van der Waals surface area (Å²) >= 11 is 0. The largest absolute Gasteiger partial charge is 0.381 e. The van der Waals surface area contributed by atoms with E-state index in [2.05, 4.69) is 10.0 Å². The third kappa shape index (κ3) is 3.55. The van der Waals surface area contributed by atoms with Gasteiger partial charge in [-0.25, -0.2) is 17.5 Å². The van der Waals surface area contributed by atoms with Gasteiger partial charge < -0.3 is 5.32 Å². The minimum Gasteiger partial charge on any atom is -0.381 e. The lowest BCUT2D eigenvalue weighted by atomic mass is 10.2. The topological polar surface area (TPSA) is 58.2 Å². The summed E-state index contributed by atoms with van der Waals surface area (Å²) in [4.78, 5) is 0.215. The molecular formula is C14H15FN2O2S. The molecule has 0 fully saturated rings. The summed E-state index contributed by atoms with van der Waals surface area (Å²) in [6.45, 7) is 0.540. The van der Waals surface area contributed by atoms with Gasteiger partial charge in [-0.05, 0) is 49.0 Å². The molecule has 0 atom stereocenters. The number of halogens is 1. The van der Waals surface area contributed by atoms with Crippen molar-refractivity contribution < 1.29 is 12.8 Å². The van der Waals surface area contributed by atoms with E-state index in [1.54, 1.807) is 24.3 Å². The summed E-state index contributed by atoms with van der Waals surface area (Å²) in [5.41, 5.74) is 1.74. The zero-order chi connectivity index (χ0) is 14.6. The van der Waals surface area contributed by atoms with Crippen LogP contribution in [-0.4, -0.2) is 15.5 Å². The molecule has 2 aromatic carbocycles. The molecule has 2 rings (SSSR count). The van der Waals surface area contributed by atoms with Crippen molar-refractivity contribution in [2.24, 2.45) is 0 Å². The van der Waals surface area contributed by atoms with Crippen LogP contribution in [0.15, 0.2) is 53.4 Å². The van der Waals surface area contributed by atoms with E-state index in [4.69, 9.17) is 0 Å². The van der Waals surface area contributed by atoms with Crippen molar-refractivity contribution in [2.45, 2.75) is 11.4 Å². The molecule has 0 spiro atoms. The SMILES string of the molecule is CNS(=O)(=O)c1ccc(NCc2ccc(F)cc2)cc1. The highest BCUT2D eigenvalue weighted by atomic mass is 32.2. The second kappa shape index (κ2) is 6.02. The number of nitrogens with one attached hydrogen (secondary N) is 2. The Morgan fingerprint density at radius 3 is 2.15 bits per heavy atom. The zero-order valence-corrected chi connectivity index (χ0v) is 11.7. The molecule has 0 aliphatic rings. The van der Waals surface area contributed by atoms with Crippen molar-refractivity contribution in [3.05, 3.63) is 59.9 Å². The molecule has 2 aromatic rings. The summed E-state index contributed by atoms with van der Waals surface area (Å²) in [5, 5.41) is 3.14. The molecule has 20 heavy (non-hydrogen) atoms. The number of sulfonamides is 1. The first-order valence-corrected chi connectivity index (χ1v) is 7.51. The highest BCUT2D eigenvalue weighted by Crippen LogP contribution is 2.14. The molecule has 0 saturated heterocycles. The number of anilines is 1. The van der Waals surface area contributed by atoms with Crippen molar-refractivity contribution in [2.75, 3.05) is 12.4 Å². The van der Waals surface area contributed by atoms with E-state index in [1.807, 2.05) is 0 Å². The highest BCUT2D eigenvalue weighted by Gasteiger charge is 2.10. The molecule has 0 unspecified atom stereocenters. The Hall–Kier alpha value is -1.92. The van der Waals surface area contributed by atoms with E-state index < -0.39 is 10.0 Å². The minimum atomic E-state index is -3.41. The van der Waals surface area contributed by atoms with Crippen molar-refractivity contribution in [1.82, 2.24) is 4.72 Å². The lowest BCUT2D eigenvalue weighted by molar-refractivity contribution is 0.588. The normalized spacial score (nSPS) is 11.3. The number of benzene rings is 2. The standard InChI is InChI=1S/C14H15FN2O2S/c1-16-20(18,19)14-8-6-13(7-9-14)17-10-11-2-4-12(15)5-3-11/h2-9,16-17H,10H2,1H3. The van der Waals surface area contributed by atoms with Gasteiger partial charge in [0.2, 0.25) is 10.0 Å². The van der Waals surface area contributed by atoms with Crippen LogP contribution in [0, 0.1) is 5.82 Å². The number of hydrogen-bond donors (Lipinski definition) is 2. The van der Waals surface area contributed by atoms with Crippen LogP contribution in [0.25, 0.3) is 0 Å². The average molecular weight is 294 g/mol. The smallest absolute Gasteiger partial charge is 0.240 e. The first kappa shape index (κ1) is 14.5. The molecule has 6 heteroatoms. The van der Waals surface area contributed by atoms with Gasteiger partial charge in [0.15, 0.2) is 0 Å². The maximum atomic E-state index is 12.8. The second-order valence-corrected chi connectivity index (χ2v) is 6.10. The Balaban J connectivity index is 2.03. The second-order valence-electron chi connectivity index (χ2n) is 4.21. The van der Waals surface area contributed by atoms with Crippen LogP contribution >= 0.6 is 0 Å². The molecule has 4 nitrogen and oxygen atoms in total. The van der Waals surface area contributed by atoms with Crippen LogP contribution in [0.1, 0.15) is 5.56 Å². The fraction of sp³-hybridized carbons (Fsp3) is 0.143. The van der Waals surface area contributed by atoms with Crippen molar-refractivity contribution in [3.63, 3.8) is 0 Å². The van der Waals surface area contributed by atoms with Crippen molar-refractivity contribution in [3.8, 4) is 0 Å².